The fourth-order valence-corrected chi connectivity index (χ4v) is 3.94. The van der Waals surface area contributed by atoms with E-state index in [1.54, 1.807) is 6.92 Å². The van der Waals surface area contributed by atoms with Crippen LogP contribution in [0.25, 0.3) is 11.0 Å². The number of pyridine rings is 1. The highest BCUT2D eigenvalue weighted by Gasteiger charge is 2.31. The summed E-state index contributed by atoms with van der Waals surface area (Å²) in [6, 6.07) is 9.98. The number of rotatable bonds is 5. The molecule has 3 heterocycles. The maximum atomic E-state index is 12.8. The minimum absolute atomic E-state index is 0.221. The molecule has 170 valence electrons. The molecule has 0 radical (unpaired) electrons. The molecule has 2 aromatic heterocycles. The third-order valence-corrected chi connectivity index (χ3v) is 5.53. The van der Waals surface area contributed by atoms with E-state index in [0.29, 0.717) is 37.6 Å². The molecule has 0 spiro atoms. The molecule has 1 fully saturated rings. The molecule has 0 amide bonds. The number of fused-ring (bicyclic) bond motifs is 1. The third kappa shape index (κ3) is 4.72. The van der Waals surface area contributed by atoms with Gasteiger partial charge >= 0.3 is 12.1 Å². The fourth-order valence-electron chi connectivity index (χ4n) is 3.94. The minimum Gasteiger partial charge on any atom is -0.460 e. The van der Waals surface area contributed by atoms with Crippen LogP contribution in [0.3, 0.4) is 0 Å². The summed E-state index contributed by atoms with van der Waals surface area (Å²) in [7, 11) is 0. The van der Waals surface area contributed by atoms with Crippen molar-refractivity contribution in [3.8, 4) is 0 Å². The Morgan fingerprint density at radius 2 is 1.94 bits per heavy atom. The Kier molecular flexibility index (Phi) is 6.36. The largest absolute Gasteiger partial charge is 0.460 e. The Bertz CT molecular complexity index is 1080. The zero-order chi connectivity index (χ0) is 22.7. The van der Waals surface area contributed by atoms with Gasteiger partial charge in [-0.15, -0.1) is 0 Å². The maximum Gasteiger partial charge on any atom is 0.417 e. The Balaban J connectivity index is 1.49. The van der Waals surface area contributed by atoms with Gasteiger partial charge < -0.3 is 14.1 Å². The van der Waals surface area contributed by atoms with Crippen LogP contribution in [0.5, 0.6) is 0 Å². The number of para-hydroxylation sites is 1. The predicted molar refractivity (Wildman–Crippen MR) is 114 cm³/mol. The second kappa shape index (κ2) is 9.20. The van der Waals surface area contributed by atoms with Crippen molar-refractivity contribution in [2.24, 2.45) is 0 Å². The monoisotopic (exact) mass is 447 g/mol. The second-order valence-corrected chi connectivity index (χ2v) is 7.65. The minimum atomic E-state index is -4.40. The molecule has 0 saturated carbocycles. The van der Waals surface area contributed by atoms with Crippen LogP contribution in [0.4, 0.5) is 19.0 Å². The van der Waals surface area contributed by atoms with Gasteiger partial charge in [0.15, 0.2) is 0 Å². The number of carbonyl (C=O) groups is 1. The van der Waals surface area contributed by atoms with Crippen molar-refractivity contribution < 1.29 is 27.1 Å². The lowest BCUT2D eigenvalue weighted by atomic mass is 10.1. The highest BCUT2D eigenvalue weighted by Crippen LogP contribution is 2.30. The standard InChI is InChI=1S/C23H24F3N3O3/c1-2-31-22(30)21-18(17-6-3-4-7-19(17)32-21)15-28-10-5-11-29(13-12-28)20-9-8-16(14-27-20)23(24,25)26/h3-4,6-9,14H,2,5,10-13,15H2,1H3. The van der Waals surface area contributed by atoms with Gasteiger partial charge in [0.05, 0.1) is 12.2 Å². The molecule has 6 nitrogen and oxygen atoms in total. The van der Waals surface area contributed by atoms with E-state index in [1.165, 1.54) is 6.07 Å². The zero-order valence-electron chi connectivity index (χ0n) is 17.7. The van der Waals surface area contributed by atoms with Crippen LogP contribution in [-0.2, 0) is 17.5 Å². The van der Waals surface area contributed by atoms with E-state index in [0.717, 1.165) is 36.2 Å². The van der Waals surface area contributed by atoms with Crippen molar-refractivity contribution in [1.29, 1.82) is 0 Å². The first-order valence-corrected chi connectivity index (χ1v) is 10.5. The number of ether oxygens (including phenoxy) is 1. The Labute approximate surface area is 183 Å². The first-order chi connectivity index (χ1) is 15.4. The van der Waals surface area contributed by atoms with Crippen molar-refractivity contribution >= 4 is 22.8 Å². The highest BCUT2D eigenvalue weighted by atomic mass is 19.4. The van der Waals surface area contributed by atoms with Gasteiger partial charge in [0.2, 0.25) is 5.76 Å². The van der Waals surface area contributed by atoms with E-state index in [2.05, 4.69) is 9.88 Å². The number of anilines is 1. The lowest BCUT2D eigenvalue weighted by Gasteiger charge is -2.23. The van der Waals surface area contributed by atoms with Crippen LogP contribution >= 0.6 is 0 Å². The van der Waals surface area contributed by atoms with Crippen molar-refractivity contribution in [1.82, 2.24) is 9.88 Å². The third-order valence-electron chi connectivity index (χ3n) is 5.53. The van der Waals surface area contributed by atoms with Crippen LogP contribution in [0.2, 0.25) is 0 Å². The SMILES string of the molecule is CCOC(=O)c1oc2ccccc2c1CN1CCCN(c2ccc(C(F)(F)F)cn2)CC1. The summed E-state index contributed by atoms with van der Waals surface area (Å²) in [5.74, 6) is 0.267. The smallest absolute Gasteiger partial charge is 0.417 e. The van der Waals surface area contributed by atoms with Crippen molar-refractivity contribution in [3.63, 3.8) is 0 Å². The number of nitrogens with zero attached hydrogens (tertiary/aromatic N) is 3. The topological polar surface area (TPSA) is 58.8 Å². The molecule has 1 saturated heterocycles. The van der Waals surface area contributed by atoms with E-state index >= 15 is 0 Å². The summed E-state index contributed by atoms with van der Waals surface area (Å²) < 4.78 is 49.4. The molecule has 32 heavy (non-hydrogen) atoms. The quantitative estimate of drug-likeness (QED) is 0.527. The van der Waals surface area contributed by atoms with Crippen LogP contribution in [0.15, 0.2) is 47.0 Å². The lowest BCUT2D eigenvalue weighted by Crippen LogP contribution is -2.31. The molecule has 0 aliphatic carbocycles. The first kappa shape index (κ1) is 22.1. The second-order valence-electron chi connectivity index (χ2n) is 7.65. The maximum absolute atomic E-state index is 12.8. The molecule has 0 atom stereocenters. The number of hydrogen-bond donors (Lipinski definition) is 0. The van der Waals surface area contributed by atoms with E-state index in [4.69, 9.17) is 9.15 Å². The van der Waals surface area contributed by atoms with Crippen molar-refractivity contribution in [2.45, 2.75) is 26.1 Å². The van der Waals surface area contributed by atoms with Crippen LogP contribution < -0.4 is 4.90 Å². The summed E-state index contributed by atoms with van der Waals surface area (Å²) in [4.78, 5) is 20.7. The van der Waals surface area contributed by atoms with Gasteiger partial charge in [-0.1, -0.05) is 18.2 Å². The summed E-state index contributed by atoms with van der Waals surface area (Å²) in [6.07, 6.45) is -2.71. The molecule has 0 bridgehead atoms. The van der Waals surface area contributed by atoms with Gasteiger partial charge in [-0.3, -0.25) is 4.90 Å². The van der Waals surface area contributed by atoms with Gasteiger partial charge in [-0.2, -0.15) is 13.2 Å². The Morgan fingerprint density at radius 1 is 1.12 bits per heavy atom. The van der Waals surface area contributed by atoms with Crippen molar-refractivity contribution in [3.05, 3.63) is 59.5 Å². The van der Waals surface area contributed by atoms with E-state index in [1.807, 2.05) is 29.2 Å². The molecular weight excluding hydrogens is 423 g/mol. The number of esters is 1. The zero-order valence-corrected chi connectivity index (χ0v) is 17.7. The average Bonchev–Trinajstić information content (AvgIpc) is 2.96. The molecule has 3 aromatic rings. The molecule has 9 heteroatoms. The van der Waals surface area contributed by atoms with Gasteiger partial charge in [-0.05, 0) is 31.5 Å². The lowest BCUT2D eigenvalue weighted by molar-refractivity contribution is -0.137. The molecule has 0 unspecified atom stereocenters. The molecule has 4 rings (SSSR count). The molecular formula is C23H24F3N3O3. The van der Waals surface area contributed by atoms with Crippen LogP contribution in [0, 0.1) is 0 Å². The van der Waals surface area contributed by atoms with Gasteiger partial charge in [0.1, 0.15) is 11.4 Å². The molecule has 1 aromatic carbocycles. The number of halogens is 3. The fraction of sp³-hybridized carbons (Fsp3) is 0.391. The summed E-state index contributed by atoms with van der Waals surface area (Å²) in [6.45, 7) is 5.27. The van der Waals surface area contributed by atoms with Gasteiger partial charge in [0, 0.05) is 49.9 Å². The van der Waals surface area contributed by atoms with E-state index < -0.39 is 17.7 Å². The molecule has 1 aliphatic heterocycles. The number of carbonyl (C=O) groups excluding carboxylic acids is 1. The first-order valence-electron chi connectivity index (χ1n) is 10.5. The Morgan fingerprint density at radius 3 is 2.66 bits per heavy atom. The predicted octanol–water partition coefficient (Wildman–Crippen LogP) is 4.74. The van der Waals surface area contributed by atoms with Gasteiger partial charge in [0.25, 0.3) is 0 Å². The van der Waals surface area contributed by atoms with E-state index in [9.17, 15) is 18.0 Å². The van der Waals surface area contributed by atoms with Crippen molar-refractivity contribution in [2.75, 3.05) is 37.7 Å². The van der Waals surface area contributed by atoms with Crippen LogP contribution in [-0.4, -0.2) is 48.6 Å². The van der Waals surface area contributed by atoms with Gasteiger partial charge in [-0.25, -0.2) is 9.78 Å². The molecule has 1 aliphatic rings. The summed E-state index contributed by atoms with van der Waals surface area (Å²) in [5, 5.41) is 0.876. The van der Waals surface area contributed by atoms with E-state index in [-0.39, 0.29) is 12.4 Å². The number of aromatic nitrogens is 1. The average molecular weight is 447 g/mol. The Hall–Kier alpha value is -3.07. The molecule has 0 N–H and O–H groups in total. The van der Waals surface area contributed by atoms with Crippen LogP contribution in [0.1, 0.15) is 35.0 Å². The normalized spacial score (nSPS) is 15.7. The highest BCUT2D eigenvalue weighted by molar-refractivity contribution is 5.96. The number of benzene rings is 1. The number of hydrogen-bond acceptors (Lipinski definition) is 6. The number of alkyl halides is 3. The number of furan rings is 1. The summed E-state index contributed by atoms with van der Waals surface area (Å²) in [5.41, 5.74) is 0.673. The summed E-state index contributed by atoms with van der Waals surface area (Å²) >= 11 is 0.